The van der Waals surface area contributed by atoms with Gasteiger partial charge < -0.3 is 5.32 Å². The molecule has 15 heavy (non-hydrogen) atoms. The van der Waals surface area contributed by atoms with Crippen molar-refractivity contribution < 1.29 is 0 Å². The molecule has 0 aliphatic carbocycles. The zero-order chi connectivity index (χ0) is 11.7. The fraction of sp³-hybridized carbons (Fsp3) is 0.429. The summed E-state index contributed by atoms with van der Waals surface area (Å²) in [7, 11) is 0. The first-order valence-corrected chi connectivity index (χ1v) is 5.48. The SMILES string of the molecule is C=C(NC/C=C\C=C\CC)C(C)=C(C)C. The van der Waals surface area contributed by atoms with E-state index in [2.05, 4.69) is 63.9 Å². The normalized spacial score (nSPS) is 10.9. The molecule has 0 rings (SSSR count). The van der Waals surface area contributed by atoms with Gasteiger partial charge in [0.1, 0.15) is 0 Å². The lowest BCUT2D eigenvalue weighted by atomic mass is 10.1. The zero-order valence-corrected chi connectivity index (χ0v) is 10.4. The van der Waals surface area contributed by atoms with E-state index in [1.165, 1.54) is 11.1 Å². The summed E-state index contributed by atoms with van der Waals surface area (Å²) in [6.07, 6.45) is 9.43. The van der Waals surface area contributed by atoms with Crippen LogP contribution in [0.2, 0.25) is 0 Å². The summed E-state index contributed by atoms with van der Waals surface area (Å²) in [5.41, 5.74) is 3.56. The third-order valence-corrected chi connectivity index (χ3v) is 2.25. The molecule has 0 saturated carbocycles. The predicted molar refractivity (Wildman–Crippen MR) is 69.8 cm³/mol. The standard InChI is InChI=1S/C14H23N/c1-6-7-8-9-10-11-15-14(5)13(4)12(2)3/h7-10,15H,5-6,11H2,1-4H3/b8-7+,10-9-. The van der Waals surface area contributed by atoms with Crippen molar-refractivity contribution in [2.24, 2.45) is 0 Å². The molecule has 0 amide bonds. The van der Waals surface area contributed by atoms with Crippen molar-refractivity contribution in [2.45, 2.75) is 34.1 Å². The average Bonchev–Trinajstić information content (AvgIpc) is 2.21. The average molecular weight is 205 g/mol. The van der Waals surface area contributed by atoms with Crippen molar-refractivity contribution in [3.63, 3.8) is 0 Å². The maximum Gasteiger partial charge on any atom is 0.0333 e. The minimum absolute atomic E-state index is 0.831. The van der Waals surface area contributed by atoms with Crippen LogP contribution in [0.25, 0.3) is 0 Å². The molecule has 1 N–H and O–H groups in total. The van der Waals surface area contributed by atoms with Crippen molar-refractivity contribution in [1.29, 1.82) is 0 Å². The van der Waals surface area contributed by atoms with E-state index in [0.29, 0.717) is 0 Å². The van der Waals surface area contributed by atoms with Crippen LogP contribution in [-0.2, 0) is 0 Å². The van der Waals surface area contributed by atoms with Gasteiger partial charge in [-0.3, -0.25) is 0 Å². The molecule has 0 spiro atoms. The number of allylic oxidation sites excluding steroid dienone is 5. The van der Waals surface area contributed by atoms with E-state index in [4.69, 9.17) is 0 Å². The van der Waals surface area contributed by atoms with Crippen LogP contribution in [-0.4, -0.2) is 6.54 Å². The van der Waals surface area contributed by atoms with Gasteiger partial charge in [0.25, 0.3) is 0 Å². The van der Waals surface area contributed by atoms with Gasteiger partial charge >= 0.3 is 0 Å². The Morgan fingerprint density at radius 2 is 1.73 bits per heavy atom. The fourth-order valence-electron chi connectivity index (χ4n) is 0.978. The monoisotopic (exact) mass is 205 g/mol. The molecule has 0 aromatic rings. The molecule has 0 aromatic heterocycles. The van der Waals surface area contributed by atoms with Crippen molar-refractivity contribution in [3.05, 3.63) is 47.7 Å². The summed E-state index contributed by atoms with van der Waals surface area (Å²) in [6, 6.07) is 0. The Morgan fingerprint density at radius 1 is 1.13 bits per heavy atom. The summed E-state index contributed by atoms with van der Waals surface area (Å²) in [5.74, 6) is 0. The van der Waals surface area contributed by atoms with Crippen LogP contribution in [0.4, 0.5) is 0 Å². The van der Waals surface area contributed by atoms with Crippen LogP contribution >= 0.6 is 0 Å². The Kier molecular flexibility index (Phi) is 7.43. The molecule has 84 valence electrons. The summed E-state index contributed by atoms with van der Waals surface area (Å²) in [5, 5.41) is 3.27. The molecule has 0 aliphatic rings. The zero-order valence-electron chi connectivity index (χ0n) is 10.4. The van der Waals surface area contributed by atoms with Crippen LogP contribution in [0.3, 0.4) is 0 Å². The van der Waals surface area contributed by atoms with Gasteiger partial charge in [-0.2, -0.15) is 0 Å². The van der Waals surface area contributed by atoms with E-state index in [-0.39, 0.29) is 0 Å². The van der Waals surface area contributed by atoms with Gasteiger partial charge in [0, 0.05) is 12.2 Å². The van der Waals surface area contributed by atoms with Gasteiger partial charge in [-0.25, -0.2) is 0 Å². The van der Waals surface area contributed by atoms with E-state index in [1.807, 2.05) is 0 Å². The first-order valence-electron chi connectivity index (χ1n) is 5.48. The Hall–Kier alpha value is -1.24. The summed E-state index contributed by atoms with van der Waals surface area (Å²) in [6.45, 7) is 13.2. The van der Waals surface area contributed by atoms with Crippen molar-refractivity contribution in [3.8, 4) is 0 Å². The number of rotatable bonds is 6. The lowest BCUT2D eigenvalue weighted by molar-refractivity contribution is 0.911. The first kappa shape index (κ1) is 13.8. The summed E-state index contributed by atoms with van der Waals surface area (Å²) in [4.78, 5) is 0. The van der Waals surface area contributed by atoms with Gasteiger partial charge in [-0.05, 0) is 32.8 Å². The molecule has 0 radical (unpaired) electrons. The Bertz CT molecular complexity index is 276. The minimum Gasteiger partial charge on any atom is -0.382 e. The molecule has 0 aliphatic heterocycles. The topological polar surface area (TPSA) is 12.0 Å². The van der Waals surface area contributed by atoms with Crippen LogP contribution in [0.1, 0.15) is 34.1 Å². The summed E-state index contributed by atoms with van der Waals surface area (Å²) < 4.78 is 0. The quantitative estimate of drug-likeness (QED) is 0.647. The van der Waals surface area contributed by atoms with Crippen LogP contribution in [0, 0.1) is 0 Å². The third kappa shape index (κ3) is 6.78. The molecule has 0 fully saturated rings. The fourth-order valence-corrected chi connectivity index (χ4v) is 0.978. The summed E-state index contributed by atoms with van der Waals surface area (Å²) >= 11 is 0. The van der Waals surface area contributed by atoms with E-state index in [9.17, 15) is 0 Å². The van der Waals surface area contributed by atoms with E-state index < -0.39 is 0 Å². The highest BCUT2D eigenvalue weighted by Gasteiger charge is 1.95. The molecule has 1 heteroatoms. The van der Waals surface area contributed by atoms with Crippen LogP contribution in [0.15, 0.2) is 47.7 Å². The third-order valence-electron chi connectivity index (χ3n) is 2.25. The maximum atomic E-state index is 3.99. The molecule has 0 aromatic carbocycles. The van der Waals surface area contributed by atoms with Crippen LogP contribution in [0.5, 0.6) is 0 Å². The molecule has 0 unspecified atom stereocenters. The smallest absolute Gasteiger partial charge is 0.0333 e. The lowest BCUT2D eigenvalue weighted by Gasteiger charge is -2.09. The van der Waals surface area contributed by atoms with Crippen molar-refractivity contribution >= 4 is 0 Å². The van der Waals surface area contributed by atoms with Gasteiger partial charge in [0.05, 0.1) is 0 Å². The highest BCUT2D eigenvalue weighted by atomic mass is 14.9. The minimum atomic E-state index is 0.831. The molecule has 0 bridgehead atoms. The van der Waals surface area contributed by atoms with Gasteiger partial charge in [-0.1, -0.05) is 43.4 Å². The Balaban J connectivity index is 3.88. The van der Waals surface area contributed by atoms with Gasteiger partial charge in [-0.15, -0.1) is 0 Å². The second-order valence-electron chi connectivity index (χ2n) is 3.75. The number of hydrogen-bond acceptors (Lipinski definition) is 1. The first-order chi connectivity index (χ1) is 7.09. The lowest BCUT2D eigenvalue weighted by Crippen LogP contribution is -2.13. The van der Waals surface area contributed by atoms with Crippen LogP contribution < -0.4 is 5.32 Å². The molecule has 0 atom stereocenters. The molecular formula is C14H23N. The van der Waals surface area contributed by atoms with E-state index in [1.54, 1.807) is 0 Å². The molecular weight excluding hydrogens is 182 g/mol. The maximum absolute atomic E-state index is 3.99. The van der Waals surface area contributed by atoms with Gasteiger partial charge in [0.2, 0.25) is 0 Å². The molecule has 0 saturated heterocycles. The Morgan fingerprint density at radius 3 is 2.27 bits per heavy atom. The highest BCUT2D eigenvalue weighted by molar-refractivity contribution is 5.28. The second-order valence-corrected chi connectivity index (χ2v) is 3.75. The molecule has 0 heterocycles. The van der Waals surface area contributed by atoms with Crippen molar-refractivity contribution in [1.82, 2.24) is 5.32 Å². The largest absolute Gasteiger partial charge is 0.382 e. The number of hydrogen-bond donors (Lipinski definition) is 1. The predicted octanol–water partition coefficient (Wildman–Crippen LogP) is 3.97. The molecule has 1 nitrogen and oxygen atoms in total. The highest BCUT2D eigenvalue weighted by Crippen LogP contribution is 2.08. The second kappa shape index (κ2) is 8.10. The Labute approximate surface area is 94.3 Å². The van der Waals surface area contributed by atoms with Crippen molar-refractivity contribution in [2.75, 3.05) is 6.54 Å². The van der Waals surface area contributed by atoms with E-state index in [0.717, 1.165) is 18.7 Å². The van der Waals surface area contributed by atoms with E-state index >= 15 is 0 Å². The number of nitrogens with one attached hydrogen (secondary N) is 1. The van der Waals surface area contributed by atoms with Gasteiger partial charge in [0.15, 0.2) is 0 Å².